The number of nitrogens with two attached hydrogens (primary N) is 3. The molecule has 1 aromatic heterocycles. The van der Waals surface area contributed by atoms with Crippen LogP contribution in [0.3, 0.4) is 0 Å². The maximum atomic E-state index is 14.5. The lowest BCUT2D eigenvalue weighted by Crippen LogP contribution is -2.60. The number of benzene rings is 2. The zero-order chi connectivity index (χ0) is 50.3. The summed E-state index contributed by atoms with van der Waals surface area (Å²) in [5.74, 6) is -6.91. The lowest BCUT2D eigenvalue weighted by Gasteiger charge is -2.28. The Kier molecular flexibility index (Phi) is 21.9. The van der Waals surface area contributed by atoms with Crippen LogP contribution in [0.25, 0.3) is 10.9 Å². The van der Waals surface area contributed by atoms with E-state index in [1.807, 2.05) is 24.3 Å². The van der Waals surface area contributed by atoms with Gasteiger partial charge in [-0.05, 0) is 75.1 Å². The average molecular weight is 959 g/mol. The van der Waals surface area contributed by atoms with Gasteiger partial charge in [0.15, 0.2) is 5.96 Å². The van der Waals surface area contributed by atoms with Gasteiger partial charge in [-0.3, -0.25) is 48.6 Å². The van der Waals surface area contributed by atoms with Gasteiger partial charge in [-0.25, -0.2) is 0 Å². The molecule has 374 valence electrons. The quantitative estimate of drug-likeness (QED) is 0.0405. The number of hydrogen-bond donors (Lipinski definition) is 14. The van der Waals surface area contributed by atoms with E-state index < -0.39 is 96.0 Å². The number of nitrogens with one attached hydrogen (secondary N) is 11. The number of primary amides is 1. The second-order valence-corrected chi connectivity index (χ2v) is 16.8. The fourth-order valence-electron chi connectivity index (χ4n) is 7.61. The van der Waals surface area contributed by atoms with Crippen LogP contribution < -0.4 is 65.1 Å². The Morgan fingerprint density at radius 1 is 0.710 bits per heavy atom. The Hall–Kier alpha value is -7.56. The summed E-state index contributed by atoms with van der Waals surface area (Å²) >= 11 is 0. The van der Waals surface area contributed by atoms with Crippen molar-refractivity contribution in [3.63, 3.8) is 0 Å². The zero-order valence-electron chi connectivity index (χ0n) is 38.8. The molecule has 23 nitrogen and oxygen atoms in total. The summed E-state index contributed by atoms with van der Waals surface area (Å²) in [4.78, 5) is 125. The minimum absolute atomic E-state index is 0.0173. The van der Waals surface area contributed by atoms with Crippen molar-refractivity contribution in [2.45, 2.75) is 114 Å². The molecule has 69 heavy (non-hydrogen) atoms. The van der Waals surface area contributed by atoms with Gasteiger partial charge < -0.3 is 70.0 Å². The summed E-state index contributed by atoms with van der Waals surface area (Å²) < 4.78 is 0. The first kappa shape index (κ1) is 54.0. The normalized spacial score (nSPS) is 21.5. The van der Waals surface area contributed by atoms with Crippen LogP contribution >= 0.6 is 0 Å². The first-order valence-corrected chi connectivity index (χ1v) is 23.0. The minimum Gasteiger partial charge on any atom is -0.370 e. The van der Waals surface area contributed by atoms with E-state index in [2.05, 4.69) is 52.8 Å². The molecule has 0 saturated carbocycles. The van der Waals surface area contributed by atoms with Crippen molar-refractivity contribution in [2.75, 3.05) is 26.2 Å². The topological polar surface area (TPSA) is 380 Å². The lowest BCUT2D eigenvalue weighted by molar-refractivity contribution is -0.135. The lowest BCUT2D eigenvalue weighted by atomic mass is 10.0. The van der Waals surface area contributed by atoms with Gasteiger partial charge in [-0.15, -0.1) is 0 Å². The fraction of sp³-hybridized carbons (Fsp3) is 0.478. The molecular formula is C46H66N14O9. The SMILES string of the molecule is CC(=O)NCC(=O)NC1CCC(=O)NCCCC(C(N)=O)NC(=O)[C@H](Cc2c[nH]c3ccccc23)NC(=O)[C@H](CCCNC(=N)N)NC(=O)C(Cc2ccccc2)NC(=O)[C@H](CCCCN)NC1=O. The van der Waals surface area contributed by atoms with Gasteiger partial charge in [0, 0.05) is 56.4 Å². The Balaban J connectivity index is 1.76. The van der Waals surface area contributed by atoms with Crippen molar-refractivity contribution in [1.82, 2.24) is 52.8 Å². The van der Waals surface area contributed by atoms with Crippen LogP contribution in [0.1, 0.15) is 75.8 Å². The third-order valence-corrected chi connectivity index (χ3v) is 11.3. The van der Waals surface area contributed by atoms with Crippen LogP contribution in [-0.2, 0) is 56.0 Å². The van der Waals surface area contributed by atoms with Crippen LogP contribution in [0.5, 0.6) is 0 Å². The maximum Gasteiger partial charge on any atom is 0.243 e. The Morgan fingerprint density at radius 2 is 1.32 bits per heavy atom. The van der Waals surface area contributed by atoms with Gasteiger partial charge in [-0.1, -0.05) is 48.5 Å². The number of carbonyl (C=O) groups excluding carboxylic acids is 9. The van der Waals surface area contributed by atoms with Crippen LogP contribution in [0.4, 0.5) is 0 Å². The average Bonchev–Trinajstić information content (AvgIpc) is 3.72. The molecule has 2 aromatic carbocycles. The third-order valence-electron chi connectivity index (χ3n) is 11.3. The first-order valence-electron chi connectivity index (χ1n) is 23.0. The van der Waals surface area contributed by atoms with E-state index >= 15 is 0 Å². The number of guanidine groups is 1. The molecule has 2 heterocycles. The standard InChI is InChI=1S/C46H66N14O9/c1-27(61)53-26-39(63)55-35-18-19-38(62)51-21-9-16-32(40(48)64)56-45(69)37(24-29-25-54-31-14-6-5-13-30(29)31)60-42(66)34(17-10-22-52-46(49)50)58-44(68)36(23-28-11-3-2-4-12-28)59-41(65)33(57-43(35)67)15-7-8-20-47/h2-6,11-14,25,32-37,54H,7-10,15-24,26,47H2,1H3,(H2,48,64)(H,51,62)(H,53,61)(H,55,63)(H,56,69)(H,57,67)(H,58,68)(H,59,65)(H,60,66)(H4,49,50,52)/t32?,33-,34-,35?,36?,37-/m0/s1. The van der Waals surface area contributed by atoms with Crippen molar-refractivity contribution < 1.29 is 43.2 Å². The largest absolute Gasteiger partial charge is 0.370 e. The number of rotatable bonds is 16. The fourth-order valence-corrected chi connectivity index (χ4v) is 7.61. The number of fused-ring (bicyclic) bond motifs is 1. The molecule has 3 unspecified atom stereocenters. The summed E-state index contributed by atoms with van der Waals surface area (Å²) in [6, 6.07) is 8.15. The van der Waals surface area contributed by atoms with E-state index in [9.17, 15) is 43.2 Å². The Labute approximate surface area is 399 Å². The predicted octanol–water partition coefficient (Wildman–Crippen LogP) is -2.43. The van der Waals surface area contributed by atoms with E-state index in [0.29, 0.717) is 24.0 Å². The summed E-state index contributed by atoms with van der Waals surface area (Å²) in [5.41, 5.74) is 19.1. The van der Waals surface area contributed by atoms with Crippen molar-refractivity contribution in [1.29, 1.82) is 5.41 Å². The highest BCUT2D eigenvalue weighted by Gasteiger charge is 2.34. The van der Waals surface area contributed by atoms with E-state index in [1.54, 1.807) is 36.5 Å². The summed E-state index contributed by atoms with van der Waals surface area (Å²) in [6.45, 7) is 1.16. The molecular weight excluding hydrogens is 893 g/mol. The van der Waals surface area contributed by atoms with Crippen molar-refractivity contribution >= 4 is 70.0 Å². The number of H-pyrrole nitrogens is 1. The third kappa shape index (κ3) is 18.6. The number of carbonyl (C=O) groups is 9. The Morgan fingerprint density at radius 3 is 1.99 bits per heavy atom. The number of aromatic nitrogens is 1. The van der Waals surface area contributed by atoms with E-state index in [0.717, 1.165) is 10.9 Å². The first-order chi connectivity index (χ1) is 33.0. The molecule has 17 N–H and O–H groups in total. The number of hydrogen-bond acceptors (Lipinski definition) is 11. The van der Waals surface area contributed by atoms with Gasteiger partial charge in [0.1, 0.15) is 36.3 Å². The van der Waals surface area contributed by atoms with E-state index in [4.69, 9.17) is 22.6 Å². The monoisotopic (exact) mass is 959 g/mol. The number of para-hydroxylation sites is 1. The van der Waals surface area contributed by atoms with Crippen molar-refractivity contribution in [3.8, 4) is 0 Å². The van der Waals surface area contributed by atoms with Crippen molar-refractivity contribution in [2.24, 2.45) is 17.2 Å². The van der Waals surface area contributed by atoms with E-state index in [-0.39, 0.29) is 83.4 Å². The molecule has 0 spiro atoms. The van der Waals surface area contributed by atoms with Gasteiger partial charge in [0.2, 0.25) is 53.2 Å². The molecule has 1 saturated heterocycles. The molecule has 0 radical (unpaired) electrons. The highest BCUT2D eigenvalue weighted by atomic mass is 16.2. The van der Waals surface area contributed by atoms with Crippen LogP contribution in [-0.4, -0.2) is 127 Å². The molecule has 0 bridgehead atoms. The van der Waals surface area contributed by atoms with Crippen molar-refractivity contribution in [3.05, 3.63) is 71.9 Å². The Bertz CT molecular complexity index is 2270. The molecule has 3 aromatic rings. The molecule has 1 aliphatic heterocycles. The van der Waals surface area contributed by atoms with E-state index in [1.165, 1.54) is 6.92 Å². The molecule has 4 rings (SSSR count). The number of amides is 9. The minimum atomic E-state index is -1.37. The van der Waals surface area contributed by atoms with Gasteiger partial charge >= 0.3 is 0 Å². The smallest absolute Gasteiger partial charge is 0.243 e. The highest BCUT2D eigenvalue weighted by Crippen LogP contribution is 2.20. The summed E-state index contributed by atoms with van der Waals surface area (Å²) in [6.07, 6.45) is 2.25. The highest BCUT2D eigenvalue weighted by molar-refractivity contribution is 5.98. The molecule has 0 aliphatic carbocycles. The van der Waals surface area contributed by atoms with Gasteiger partial charge in [0.05, 0.1) is 6.54 Å². The van der Waals surface area contributed by atoms with Gasteiger partial charge in [-0.2, -0.15) is 0 Å². The molecule has 1 fully saturated rings. The molecule has 6 atom stereocenters. The predicted molar refractivity (Wildman–Crippen MR) is 255 cm³/mol. The summed E-state index contributed by atoms with van der Waals surface area (Å²) in [5, 5.41) is 32.2. The molecule has 1 aliphatic rings. The second-order valence-electron chi connectivity index (χ2n) is 16.8. The number of unbranched alkanes of at least 4 members (excludes halogenated alkanes) is 1. The summed E-state index contributed by atoms with van der Waals surface area (Å²) in [7, 11) is 0. The number of aromatic amines is 1. The second kappa shape index (κ2) is 27.9. The molecule has 23 heteroatoms. The van der Waals surface area contributed by atoms with Gasteiger partial charge in [0.25, 0.3) is 0 Å². The molecule has 9 amide bonds. The zero-order valence-corrected chi connectivity index (χ0v) is 38.8. The van der Waals surface area contributed by atoms with Crippen LogP contribution in [0.2, 0.25) is 0 Å². The van der Waals surface area contributed by atoms with Crippen LogP contribution in [0, 0.1) is 5.41 Å². The maximum absolute atomic E-state index is 14.5. The van der Waals surface area contributed by atoms with Crippen LogP contribution in [0.15, 0.2) is 60.8 Å².